The van der Waals surface area contributed by atoms with Crippen molar-refractivity contribution >= 4 is 0 Å². The van der Waals surface area contributed by atoms with Crippen molar-refractivity contribution in [1.29, 1.82) is 0 Å². The van der Waals surface area contributed by atoms with Gasteiger partial charge in [0.1, 0.15) is 6.17 Å². The van der Waals surface area contributed by atoms with Crippen LogP contribution in [0.3, 0.4) is 0 Å². The Morgan fingerprint density at radius 1 is 0.889 bits per heavy atom. The van der Waals surface area contributed by atoms with Crippen LogP contribution in [0.25, 0.3) is 0 Å². The number of alkyl halides is 1. The van der Waals surface area contributed by atoms with E-state index in [0.29, 0.717) is 6.42 Å². The molecular formula is C17H27F. The topological polar surface area (TPSA) is 0 Å². The van der Waals surface area contributed by atoms with E-state index >= 15 is 0 Å². The van der Waals surface area contributed by atoms with Crippen molar-refractivity contribution in [3.8, 4) is 0 Å². The molecule has 1 rings (SSSR count). The predicted molar refractivity (Wildman–Crippen MR) is 77.7 cm³/mol. The van der Waals surface area contributed by atoms with Gasteiger partial charge in [0.05, 0.1) is 0 Å². The van der Waals surface area contributed by atoms with Crippen LogP contribution >= 0.6 is 0 Å². The summed E-state index contributed by atoms with van der Waals surface area (Å²) in [5.41, 5.74) is 1.12. The van der Waals surface area contributed by atoms with E-state index < -0.39 is 6.17 Å². The van der Waals surface area contributed by atoms with Crippen molar-refractivity contribution < 1.29 is 4.39 Å². The van der Waals surface area contributed by atoms with Gasteiger partial charge in [-0.3, -0.25) is 0 Å². The highest BCUT2D eigenvalue weighted by atomic mass is 19.1. The Labute approximate surface area is 112 Å². The Bertz CT molecular complexity index is 281. The van der Waals surface area contributed by atoms with Gasteiger partial charge >= 0.3 is 0 Å². The van der Waals surface area contributed by atoms with Crippen molar-refractivity contribution in [2.45, 2.75) is 70.9 Å². The molecule has 1 unspecified atom stereocenters. The summed E-state index contributed by atoms with van der Waals surface area (Å²) in [5, 5.41) is 0. The smallest absolute Gasteiger partial charge is 0.104 e. The third-order valence-electron chi connectivity index (χ3n) is 3.42. The number of benzene rings is 1. The summed E-state index contributed by atoms with van der Waals surface area (Å²) in [5.74, 6) is 0. The van der Waals surface area contributed by atoms with Gasteiger partial charge in [-0.1, -0.05) is 82.2 Å². The fraction of sp³-hybridized carbons (Fsp3) is 0.647. The van der Waals surface area contributed by atoms with Gasteiger partial charge in [-0.2, -0.15) is 0 Å². The van der Waals surface area contributed by atoms with E-state index in [1.165, 1.54) is 38.5 Å². The third kappa shape index (κ3) is 7.47. The summed E-state index contributed by atoms with van der Waals surface area (Å²) in [7, 11) is 0. The zero-order valence-electron chi connectivity index (χ0n) is 11.7. The molecule has 0 aliphatic heterocycles. The van der Waals surface area contributed by atoms with Crippen LogP contribution in [0.15, 0.2) is 30.3 Å². The maximum atomic E-state index is 13.7. The lowest BCUT2D eigenvalue weighted by Crippen LogP contribution is -2.04. The van der Waals surface area contributed by atoms with Gasteiger partial charge < -0.3 is 0 Å². The van der Waals surface area contributed by atoms with Crippen LogP contribution < -0.4 is 0 Å². The van der Waals surface area contributed by atoms with E-state index in [9.17, 15) is 4.39 Å². The van der Waals surface area contributed by atoms with E-state index in [0.717, 1.165) is 18.4 Å². The van der Waals surface area contributed by atoms with Gasteiger partial charge in [0.25, 0.3) is 0 Å². The molecule has 1 aromatic rings. The second-order valence-corrected chi connectivity index (χ2v) is 5.20. The van der Waals surface area contributed by atoms with E-state index in [4.69, 9.17) is 0 Å². The molecule has 0 N–H and O–H groups in total. The molecule has 0 heterocycles. The SMILES string of the molecule is CCCCCCCCCC(F)Cc1ccccc1. The first-order valence-corrected chi connectivity index (χ1v) is 7.51. The molecule has 0 aliphatic carbocycles. The van der Waals surface area contributed by atoms with Crippen LogP contribution in [0.1, 0.15) is 63.9 Å². The Morgan fingerprint density at radius 3 is 2.17 bits per heavy atom. The second kappa shape index (κ2) is 10.1. The summed E-state index contributed by atoms with van der Waals surface area (Å²) in [4.78, 5) is 0. The number of halogens is 1. The molecule has 0 radical (unpaired) electrons. The Balaban J connectivity index is 1.99. The van der Waals surface area contributed by atoms with Crippen LogP contribution in [0.5, 0.6) is 0 Å². The quantitative estimate of drug-likeness (QED) is 0.467. The van der Waals surface area contributed by atoms with Crippen LogP contribution in [0.4, 0.5) is 4.39 Å². The maximum absolute atomic E-state index is 13.7. The lowest BCUT2D eigenvalue weighted by Gasteiger charge is -2.08. The summed E-state index contributed by atoms with van der Waals surface area (Å²) in [6, 6.07) is 9.97. The molecule has 0 amide bonds. The molecule has 0 bridgehead atoms. The standard InChI is InChI=1S/C17H27F/c1-2-3-4-5-6-7-11-14-17(18)15-16-12-9-8-10-13-16/h8-10,12-13,17H,2-7,11,14-15H2,1H3. The molecule has 0 spiro atoms. The molecule has 102 valence electrons. The molecule has 0 saturated carbocycles. The van der Waals surface area contributed by atoms with Gasteiger partial charge in [-0.25, -0.2) is 4.39 Å². The summed E-state index contributed by atoms with van der Waals surface area (Å²) in [6.07, 6.45) is 9.46. The first-order chi connectivity index (χ1) is 8.83. The minimum absolute atomic E-state index is 0.580. The van der Waals surface area contributed by atoms with Gasteiger partial charge in [0.15, 0.2) is 0 Å². The molecule has 0 saturated heterocycles. The van der Waals surface area contributed by atoms with Crippen LogP contribution in [-0.2, 0) is 6.42 Å². The Kier molecular flexibility index (Phi) is 8.54. The van der Waals surface area contributed by atoms with Crippen molar-refractivity contribution in [3.05, 3.63) is 35.9 Å². The Morgan fingerprint density at radius 2 is 1.50 bits per heavy atom. The molecule has 1 atom stereocenters. The summed E-state index contributed by atoms with van der Waals surface area (Å²) >= 11 is 0. The molecule has 0 aromatic heterocycles. The van der Waals surface area contributed by atoms with Crippen molar-refractivity contribution in [3.63, 3.8) is 0 Å². The molecule has 18 heavy (non-hydrogen) atoms. The third-order valence-corrected chi connectivity index (χ3v) is 3.42. The minimum Gasteiger partial charge on any atom is -0.247 e. The minimum atomic E-state index is -0.664. The number of unbranched alkanes of at least 4 members (excludes halogenated alkanes) is 6. The zero-order chi connectivity index (χ0) is 13.1. The molecule has 1 heteroatoms. The van der Waals surface area contributed by atoms with E-state index in [2.05, 4.69) is 6.92 Å². The van der Waals surface area contributed by atoms with Gasteiger partial charge in [-0.05, 0) is 12.0 Å². The Hall–Kier alpha value is -0.850. The van der Waals surface area contributed by atoms with Crippen LogP contribution in [0.2, 0.25) is 0 Å². The molecular weight excluding hydrogens is 223 g/mol. The van der Waals surface area contributed by atoms with Gasteiger partial charge in [0, 0.05) is 6.42 Å². The van der Waals surface area contributed by atoms with E-state index in [1.807, 2.05) is 30.3 Å². The van der Waals surface area contributed by atoms with Crippen LogP contribution in [0, 0.1) is 0 Å². The van der Waals surface area contributed by atoms with Gasteiger partial charge in [0.2, 0.25) is 0 Å². The normalized spacial score (nSPS) is 12.6. The predicted octanol–water partition coefficient (Wildman–Crippen LogP) is 5.71. The van der Waals surface area contributed by atoms with Crippen LogP contribution in [-0.4, -0.2) is 6.17 Å². The number of hydrogen-bond acceptors (Lipinski definition) is 0. The zero-order valence-corrected chi connectivity index (χ0v) is 11.7. The highest BCUT2D eigenvalue weighted by Crippen LogP contribution is 2.14. The van der Waals surface area contributed by atoms with Crippen molar-refractivity contribution in [2.75, 3.05) is 0 Å². The highest BCUT2D eigenvalue weighted by Gasteiger charge is 2.06. The highest BCUT2D eigenvalue weighted by molar-refractivity contribution is 5.15. The molecule has 0 fully saturated rings. The number of rotatable bonds is 10. The molecule has 0 nitrogen and oxygen atoms in total. The molecule has 0 aliphatic rings. The fourth-order valence-corrected chi connectivity index (χ4v) is 2.29. The first kappa shape index (κ1) is 15.2. The lowest BCUT2D eigenvalue weighted by atomic mass is 10.0. The van der Waals surface area contributed by atoms with E-state index in [1.54, 1.807) is 0 Å². The largest absolute Gasteiger partial charge is 0.247 e. The molecule has 1 aromatic carbocycles. The first-order valence-electron chi connectivity index (χ1n) is 7.51. The average molecular weight is 250 g/mol. The van der Waals surface area contributed by atoms with Crippen molar-refractivity contribution in [2.24, 2.45) is 0 Å². The second-order valence-electron chi connectivity index (χ2n) is 5.20. The van der Waals surface area contributed by atoms with E-state index in [-0.39, 0.29) is 0 Å². The summed E-state index contributed by atoms with van der Waals surface area (Å²) in [6.45, 7) is 2.23. The average Bonchev–Trinajstić information content (AvgIpc) is 2.39. The summed E-state index contributed by atoms with van der Waals surface area (Å²) < 4.78 is 13.7. The van der Waals surface area contributed by atoms with Gasteiger partial charge in [-0.15, -0.1) is 0 Å². The number of hydrogen-bond donors (Lipinski definition) is 0. The monoisotopic (exact) mass is 250 g/mol. The fourth-order valence-electron chi connectivity index (χ4n) is 2.29. The maximum Gasteiger partial charge on any atom is 0.104 e. The van der Waals surface area contributed by atoms with Crippen molar-refractivity contribution in [1.82, 2.24) is 0 Å². The lowest BCUT2D eigenvalue weighted by molar-refractivity contribution is 0.302.